The Morgan fingerprint density at radius 2 is 1.96 bits per heavy atom. The second kappa shape index (κ2) is 7.27. The van der Waals surface area contributed by atoms with E-state index in [-0.39, 0.29) is 5.91 Å². The molecule has 2 aliphatic heterocycles. The molecule has 27 heavy (non-hydrogen) atoms. The van der Waals surface area contributed by atoms with Crippen LogP contribution in [0.3, 0.4) is 0 Å². The first kappa shape index (κ1) is 17.9. The Morgan fingerprint density at radius 3 is 2.67 bits per heavy atom. The molecule has 1 aromatic heterocycles. The molecule has 0 N–H and O–H groups in total. The SMILES string of the molecule is COc1ccc([C@H]2CN(C)[C@@H]3CCN(C(=O)c4ccnc(C)n4)C[C@H]23)cc1. The van der Waals surface area contributed by atoms with Crippen molar-refractivity contribution in [2.75, 3.05) is 33.8 Å². The Morgan fingerprint density at radius 1 is 1.19 bits per heavy atom. The highest BCUT2D eigenvalue weighted by atomic mass is 16.5. The van der Waals surface area contributed by atoms with Crippen molar-refractivity contribution in [1.82, 2.24) is 19.8 Å². The van der Waals surface area contributed by atoms with Crippen LogP contribution in [0.5, 0.6) is 5.75 Å². The van der Waals surface area contributed by atoms with Crippen molar-refractivity contribution in [2.24, 2.45) is 5.92 Å². The number of likely N-dealkylation sites (tertiary alicyclic amines) is 2. The fraction of sp³-hybridized carbons (Fsp3) is 0.476. The molecule has 6 heteroatoms. The lowest BCUT2D eigenvalue weighted by Gasteiger charge is -2.38. The summed E-state index contributed by atoms with van der Waals surface area (Å²) in [5.41, 5.74) is 1.82. The molecule has 0 radical (unpaired) electrons. The number of rotatable bonds is 3. The quantitative estimate of drug-likeness (QED) is 0.835. The molecule has 2 saturated heterocycles. The number of hydrogen-bond acceptors (Lipinski definition) is 5. The fourth-order valence-corrected chi connectivity index (χ4v) is 4.62. The molecule has 142 valence electrons. The van der Waals surface area contributed by atoms with Gasteiger partial charge in [-0.05, 0) is 44.2 Å². The standard InChI is InChI=1S/C21H26N4O2/c1-14-22-10-8-19(23-14)21(26)25-11-9-20-18(13-25)17(12-24(20)2)15-4-6-16(27-3)7-5-15/h4-8,10,17-18,20H,9,11-13H2,1-3H3/t17-,18-,20-/m1/s1. The molecule has 2 aromatic rings. The lowest BCUT2D eigenvalue weighted by atomic mass is 9.81. The summed E-state index contributed by atoms with van der Waals surface area (Å²) in [6, 6.07) is 10.6. The largest absolute Gasteiger partial charge is 0.497 e. The van der Waals surface area contributed by atoms with Gasteiger partial charge in [-0.15, -0.1) is 0 Å². The molecule has 2 aliphatic rings. The maximum atomic E-state index is 13.0. The van der Waals surface area contributed by atoms with Gasteiger partial charge in [0.15, 0.2) is 0 Å². The summed E-state index contributed by atoms with van der Waals surface area (Å²) in [4.78, 5) is 25.8. The van der Waals surface area contributed by atoms with Gasteiger partial charge < -0.3 is 14.5 Å². The van der Waals surface area contributed by atoms with Gasteiger partial charge in [-0.3, -0.25) is 4.79 Å². The number of nitrogens with zero attached hydrogens (tertiary/aromatic N) is 4. The summed E-state index contributed by atoms with van der Waals surface area (Å²) in [7, 11) is 3.89. The van der Waals surface area contributed by atoms with Crippen LogP contribution >= 0.6 is 0 Å². The van der Waals surface area contributed by atoms with E-state index in [1.165, 1.54) is 5.56 Å². The Balaban J connectivity index is 1.55. The summed E-state index contributed by atoms with van der Waals surface area (Å²) in [5, 5.41) is 0. The summed E-state index contributed by atoms with van der Waals surface area (Å²) < 4.78 is 5.29. The van der Waals surface area contributed by atoms with E-state index in [2.05, 4.69) is 34.0 Å². The van der Waals surface area contributed by atoms with Crippen molar-refractivity contribution in [1.29, 1.82) is 0 Å². The number of piperidine rings is 1. The number of fused-ring (bicyclic) bond motifs is 1. The van der Waals surface area contributed by atoms with Gasteiger partial charge in [-0.1, -0.05) is 12.1 Å². The minimum Gasteiger partial charge on any atom is -0.497 e. The smallest absolute Gasteiger partial charge is 0.272 e. The number of aromatic nitrogens is 2. The van der Waals surface area contributed by atoms with Crippen LogP contribution < -0.4 is 4.74 Å². The summed E-state index contributed by atoms with van der Waals surface area (Å²) in [5.74, 6) is 2.38. The first-order valence-electron chi connectivity index (χ1n) is 9.50. The zero-order valence-corrected chi connectivity index (χ0v) is 16.1. The monoisotopic (exact) mass is 366 g/mol. The van der Waals surface area contributed by atoms with E-state index in [4.69, 9.17) is 4.74 Å². The molecule has 0 bridgehead atoms. The minimum atomic E-state index is 0.0157. The molecule has 0 aliphatic carbocycles. The van der Waals surface area contributed by atoms with Gasteiger partial charge in [0.25, 0.3) is 5.91 Å². The van der Waals surface area contributed by atoms with E-state index < -0.39 is 0 Å². The van der Waals surface area contributed by atoms with Gasteiger partial charge in [0.1, 0.15) is 17.3 Å². The molecule has 0 spiro atoms. The van der Waals surface area contributed by atoms with Gasteiger partial charge >= 0.3 is 0 Å². The first-order chi connectivity index (χ1) is 13.1. The average molecular weight is 366 g/mol. The lowest BCUT2D eigenvalue weighted by molar-refractivity contribution is 0.0601. The summed E-state index contributed by atoms with van der Waals surface area (Å²) in [6.45, 7) is 4.39. The summed E-state index contributed by atoms with van der Waals surface area (Å²) in [6.07, 6.45) is 2.66. The van der Waals surface area contributed by atoms with E-state index in [1.807, 2.05) is 24.0 Å². The third-order valence-electron chi connectivity index (χ3n) is 6.01. The molecule has 1 aromatic carbocycles. The number of carbonyl (C=O) groups excluding carboxylic acids is 1. The third-order valence-corrected chi connectivity index (χ3v) is 6.01. The van der Waals surface area contributed by atoms with Crippen molar-refractivity contribution in [3.05, 3.63) is 53.6 Å². The van der Waals surface area contributed by atoms with Gasteiger partial charge in [-0.2, -0.15) is 0 Å². The van der Waals surface area contributed by atoms with E-state index in [0.29, 0.717) is 29.4 Å². The van der Waals surface area contributed by atoms with Crippen molar-refractivity contribution in [3.8, 4) is 5.75 Å². The van der Waals surface area contributed by atoms with Gasteiger partial charge in [-0.25, -0.2) is 9.97 Å². The fourth-order valence-electron chi connectivity index (χ4n) is 4.62. The van der Waals surface area contributed by atoms with Gasteiger partial charge in [0.2, 0.25) is 0 Å². The predicted octanol–water partition coefficient (Wildman–Crippen LogP) is 2.35. The zero-order valence-electron chi connectivity index (χ0n) is 16.1. The second-order valence-electron chi connectivity index (χ2n) is 7.58. The molecule has 0 unspecified atom stereocenters. The Kier molecular flexibility index (Phi) is 4.83. The predicted molar refractivity (Wildman–Crippen MR) is 103 cm³/mol. The van der Waals surface area contributed by atoms with Crippen LogP contribution in [0.2, 0.25) is 0 Å². The van der Waals surface area contributed by atoms with Crippen molar-refractivity contribution < 1.29 is 9.53 Å². The number of amides is 1. The first-order valence-corrected chi connectivity index (χ1v) is 9.50. The highest BCUT2D eigenvalue weighted by Crippen LogP contribution is 2.41. The van der Waals surface area contributed by atoms with Crippen LogP contribution in [0.25, 0.3) is 0 Å². The summed E-state index contributed by atoms with van der Waals surface area (Å²) >= 11 is 0. The average Bonchev–Trinajstić information content (AvgIpc) is 3.03. The van der Waals surface area contributed by atoms with Crippen LogP contribution in [-0.4, -0.2) is 65.5 Å². The van der Waals surface area contributed by atoms with E-state index >= 15 is 0 Å². The minimum absolute atomic E-state index is 0.0157. The van der Waals surface area contributed by atoms with Crippen LogP contribution in [0.4, 0.5) is 0 Å². The number of benzene rings is 1. The Labute approximate surface area is 160 Å². The van der Waals surface area contributed by atoms with Gasteiger partial charge in [0, 0.05) is 43.7 Å². The normalized spacial score (nSPS) is 25.3. The molecule has 1 amide bonds. The van der Waals surface area contributed by atoms with E-state index in [9.17, 15) is 4.79 Å². The van der Waals surface area contributed by atoms with Crippen molar-refractivity contribution >= 4 is 5.91 Å². The molecule has 2 fully saturated rings. The molecule has 3 atom stereocenters. The van der Waals surface area contributed by atoms with E-state index in [1.54, 1.807) is 19.4 Å². The van der Waals surface area contributed by atoms with Crippen LogP contribution in [0, 0.1) is 12.8 Å². The molecule has 4 rings (SSSR count). The second-order valence-corrected chi connectivity index (χ2v) is 7.58. The maximum Gasteiger partial charge on any atom is 0.272 e. The highest BCUT2D eigenvalue weighted by Gasteiger charge is 2.44. The molecule has 3 heterocycles. The molecular weight excluding hydrogens is 340 g/mol. The van der Waals surface area contributed by atoms with Crippen molar-refractivity contribution in [3.63, 3.8) is 0 Å². The number of hydrogen-bond donors (Lipinski definition) is 0. The maximum absolute atomic E-state index is 13.0. The molecule has 0 saturated carbocycles. The number of carbonyl (C=O) groups is 1. The topological polar surface area (TPSA) is 58.6 Å². The zero-order chi connectivity index (χ0) is 19.0. The Hall–Kier alpha value is -2.47. The van der Waals surface area contributed by atoms with E-state index in [0.717, 1.165) is 31.8 Å². The number of methoxy groups -OCH3 is 1. The van der Waals surface area contributed by atoms with Crippen LogP contribution in [0.1, 0.15) is 34.2 Å². The number of ether oxygens (including phenoxy) is 1. The third kappa shape index (κ3) is 3.41. The molecule has 6 nitrogen and oxygen atoms in total. The van der Waals surface area contributed by atoms with Crippen LogP contribution in [-0.2, 0) is 0 Å². The number of likely N-dealkylation sites (N-methyl/N-ethyl adjacent to an activating group) is 1. The Bertz CT molecular complexity index is 823. The number of aryl methyl sites for hydroxylation is 1. The van der Waals surface area contributed by atoms with Crippen molar-refractivity contribution in [2.45, 2.75) is 25.3 Å². The van der Waals surface area contributed by atoms with Crippen LogP contribution in [0.15, 0.2) is 36.5 Å². The highest BCUT2D eigenvalue weighted by molar-refractivity contribution is 5.92. The molecular formula is C21H26N4O2. The lowest BCUT2D eigenvalue weighted by Crippen LogP contribution is -2.48. The van der Waals surface area contributed by atoms with Gasteiger partial charge in [0.05, 0.1) is 7.11 Å².